The third-order valence-electron chi connectivity index (χ3n) is 1.91. The van der Waals surface area contributed by atoms with E-state index in [1.807, 2.05) is 18.2 Å². The molecular formula is C10H10N2O3. The van der Waals surface area contributed by atoms with E-state index in [-0.39, 0.29) is 11.6 Å². The molecule has 0 spiro atoms. The van der Waals surface area contributed by atoms with Crippen LogP contribution in [0, 0.1) is 0 Å². The lowest BCUT2D eigenvalue weighted by Gasteiger charge is -2.04. The smallest absolute Gasteiger partial charge is 0.283 e. The van der Waals surface area contributed by atoms with Crippen molar-refractivity contribution in [3.8, 4) is 0 Å². The lowest BCUT2D eigenvalue weighted by Crippen LogP contribution is -2.18. The predicted molar refractivity (Wildman–Crippen MR) is 53.8 cm³/mol. The van der Waals surface area contributed by atoms with E-state index in [2.05, 4.69) is 10.3 Å². The Labute approximate surface area is 86.6 Å². The summed E-state index contributed by atoms with van der Waals surface area (Å²) in [6.45, 7) is 1.70. The third-order valence-corrected chi connectivity index (χ3v) is 1.91. The highest BCUT2D eigenvalue weighted by molar-refractivity contribution is 6.45. The molecule has 2 rings (SSSR count). The van der Waals surface area contributed by atoms with Crippen LogP contribution in [-0.2, 0) is 9.57 Å². The summed E-state index contributed by atoms with van der Waals surface area (Å²) in [6.07, 6.45) is -0.444. The number of benzene rings is 1. The summed E-state index contributed by atoms with van der Waals surface area (Å²) < 4.78 is 5.21. The van der Waals surface area contributed by atoms with Crippen molar-refractivity contribution < 1.29 is 14.8 Å². The fourth-order valence-electron chi connectivity index (χ4n) is 1.24. The van der Waals surface area contributed by atoms with Crippen molar-refractivity contribution in [2.75, 3.05) is 0 Å². The minimum Gasteiger partial charge on any atom is -0.432 e. The molecule has 0 fully saturated rings. The zero-order chi connectivity index (χ0) is 10.7. The van der Waals surface area contributed by atoms with Gasteiger partial charge in [-0.1, -0.05) is 35.5 Å². The fourth-order valence-corrected chi connectivity index (χ4v) is 1.24. The number of hydrogen-bond donors (Lipinski definition) is 1. The van der Waals surface area contributed by atoms with Gasteiger partial charge in [-0.15, -0.1) is 0 Å². The first-order valence-corrected chi connectivity index (χ1v) is 4.49. The highest BCUT2D eigenvalue weighted by atomic mass is 16.8. The van der Waals surface area contributed by atoms with E-state index in [0.29, 0.717) is 0 Å². The molecule has 78 valence electrons. The Morgan fingerprint density at radius 3 is 2.67 bits per heavy atom. The molecule has 1 aliphatic rings. The third kappa shape index (κ3) is 1.90. The van der Waals surface area contributed by atoms with Crippen molar-refractivity contribution in [1.29, 1.82) is 0 Å². The molecule has 1 atom stereocenters. The SMILES string of the molecule is C[C@H]1ON=C(C(=NO)c2ccccc2)O1. The van der Waals surface area contributed by atoms with E-state index in [9.17, 15) is 0 Å². The van der Waals surface area contributed by atoms with E-state index < -0.39 is 6.29 Å². The lowest BCUT2D eigenvalue weighted by atomic mass is 10.1. The standard InChI is InChI=1S/C10H10N2O3/c1-7-14-10(12-15-7)9(11-13)8-5-3-2-4-6-8/h2-7,13H,1H3/t7-/m1/s1. The molecule has 5 heteroatoms. The summed E-state index contributed by atoms with van der Waals surface area (Å²) in [7, 11) is 0. The first-order valence-electron chi connectivity index (χ1n) is 4.49. The van der Waals surface area contributed by atoms with Gasteiger partial charge < -0.3 is 14.8 Å². The molecule has 0 bridgehead atoms. The Balaban J connectivity index is 2.27. The topological polar surface area (TPSA) is 63.4 Å². The number of ether oxygens (including phenoxy) is 1. The number of rotatable bonds is 2. The van der Waals surface area contributed by atoms with Crippen LogP contribution >= 0.6 is 0 Å². The van der Waals surface area contributed by atoms with Gasteiger partial charge in [-0.2, -0.15) is 0 Å². The minimum atomic E-state index is -0.444. The van der Waals surface area contributed by atoms with Gasteiger partial charge in [0.25, 0.3) is 12.2 Å². The number of hydrogen-bond acceptors (Lipinski definition) is 5. The molecule has 0 saturated heterocycles. The Morgan fingerprint density at radius 2 is 2.13 bits per heavy atom. The molecule has 5 nitrogen and oxygen atoms in total. The highest BCUT2D eigenvalue weighted by Gasteiger charge is 2.23. The van der Waals surface area contributed by atoms with Crippen LogP contribution in [0.5, 0.6) is 0 Å². The fraction of sp³-hybridized carbons (Fsp3) is 0.200. The van der Waals surface area contributed by atoms with Crippen molar-refractivity contribution in [1.82, 2.24) is 0 Å². The van der Waals surface area contributed by atoms with Crippen molar-refractivity contribution in [3.63, 3.8) is 0 Å². The molecule has 1 aliphatic heterocycles. The van der Waals surface area contributed by atoms with Crippen LogP contribution in [-0.4, -0.2) is 23.1 Å². The number of nitrogens with zero attached hydrogens (tertiary/aromatic N) is 2. The summed E-state index contributed by atoms with van der Waals surface area (Å²) in [5.74, 6) is 0.191. The van der Waals surface area contributed by atoms with Gasteiger partial charge in [0.1, 0.15) is 0 Å². The average Bonchev–Trinajstić information content (AvgIpc) is 2.68. The summed E-state index contributed by atoms with van der Waals surface area (Å²) in [5.41, 5.74) is 0.983. The van der Waals surface area contributed by atoms with Crippen molar-refractivity contribution in [2.45, 2.75) is 13.2 Å². The van der Waals surface area contributed by atoms with Gasteiger partial charge in [0.05, 0.1) is 0 Å². The van der Waals surface area contributed by atoms with Crippen LogP contribution in [0.1, 0.15) is 12.5 Å². The van der Waals surface area contributed by atoms with Crippen LogP contribution in [0.3, 0.4) is 0 Å². The average molecular weight is 206 g/mol. The summed E-state index contributed by atoms with van der Waals surface area (Å²) in [4.78, 5) is 4.84. The van der Waals surface area contributed by atoms with Crippen LogP contribution in [0.15, 0.2) is 40.6 Å². The monoisotopic (exact) mass is 206 g/mol. The summed E-state index contributed by atoms with van der Waals surface area (Å²) >= 11 is 0. The summed E-state index contributed by atoms with van der Waals surface area (Å²) in [6, 6.07) is 9.13. The quantitative estimate of drug-likeness (QED) is 0.454. The Morgan fingerprint density at radius 1 is 1.40 bits per heavy atom. The van der Waals surface area contributed by atoms with E-state index in [1.54, 1.807) is 19.1 Å². The lowest BCUT2D eigenvalue weighted by molar-refractivity contribution is -0.0313. The minimum absolute atomic E-state index is 0.191. The maximum atomic E-state index is 8.90. The van der Waals surface area contributed by atoms with E-state index in [0.717, 1.165) is 5.56 Å². The first-order chi connectivity index (χ1) is 7.31. The molecule has 0 unspecified atom stereocenters. The molecule has 0 saturated carbocycles. The molecule has 1 N–H and O–H groups in total. The largest absolute Gasteiger partial charge is 0.432 e. The van der Waals surface area contributed by atoms with Crippen molar-refractivity contribution in [2.24, 2.45) is 10.3 Å². The Kier molecular flexibility index (Phi) is 2.53. The van der Waals surface area contributed by atoms with Gasteiger partial charge >= 0.3 is 0 Å². The second-order valence-corrected chi connectivity index (χ2v) is 3.00. The van der Waals surface area contributed by atoms with Gasteiger partial charge in [-0.05, 0) is 5.16 Å². The molecule has 1 heterocycles. The predicted octanol–water partition coefficient (Wildman–Crippen LogP) is 1.57. The number of oxime groups is 2. The Hall–Kier alpha value is -2.04. The molecule has 1 aromatic rings. The van der Waals surface area contributed by atoms with E-state index in [4.69, 9.17) is 14.8 Å². The summed E-state index contributed by atoms with van der Waals surface area (Å²) in [5, 5.41) is 15.7. The second kappa shape index (κ2) is 4.00. The molecule has 0 aromatic heterocycles. The van der Waals surface area contributed by atoms with Crippen LogP contribution < -0.4 is 0 Å². The van der Waals surface area contributed by atoms with Gasteiger partial charge in [0, 0.05) is 12.5 Å². The second-order valence-electron chi connectivity index (χ2n) is 3.00. The zero-order valence-corrected chi connectivity index (χ0v) is 8.12. The normalized spacial score (nSPS) is 20.5. The highest BCUT2D eigenvalue weighted by Crippen LogP contribution is 2.11. The van der Waals surface area contributed by atoms with E-state index in [1.165, 1.54) is 0 Å². The molecular weight excluding hydrogens is 196 g/mol. The maximum absolute atomic E-state index is 8.90. The Bertz CT molecular complexity index is 400. The van der Waals surface area contributed by atoms with Gasteiger partial charge in [-0.25, -0.2) is 0 Å². The maximum Gasteiger partial charge on any atom is 0.283 e. The van der Waals surface area contributed by atoms with Gasteiger partial charge in [-0.3, -0.25) is 0 Å². The van der Waals surface area contributed by atoms with Gasteiger partial charge in [0.15, 0.2) is 5.71 Å². The van der Waals surface area contributed by atoms with Crippen LogP contribution in [0.2, 0.25) is 0 Å². The molecule has 0 amide bonds. The van der Waals surface area contributed by atoms with Crippen molar-refractivity contribution in [3.05, 3.63) is 35.9 Å². The van der Waals surface area contributed by atoms with Crippen LogP contribution in [0.25, 0.3) is 0 Å². The first kappa shape index (κ1) is 9.51. The van der Waals surface area contributed by atoms with Crippen LogP contribution in [0.4, 0.5) is 0 Å². The molecule has 15 heavy (non-hydrogen) atoms. The van der Waals surface area contributed by atoms with E-state index >= 15 is 0 Å². The molecule has 0 radical (unpaired) electrons. The molecule has 1 aromatic carbocycles. The zero-order valence-electron chi connectivity index (χ0n) is 8.12. The molecule has 0 aliphatic carbocycles. The van der Waals surface area contributed by atoms with Gasteiger partial charge in [0.2, 0.25) is 0 Å². The van der Waals surface area contributed by atoms with Crippen molar-refractivity contribution >= 4 is 11.6 Å².